The van der Waals surface area contributed by atoms with Crippen molar-refractivity contribution in [2.75, 3.05) is 0 Å². The van der Waals surface area contributed by atoms with E-state index in [1.807, 2.05) is 19.1 Å². The van der Waals surface area contributed by atoms with Crippen LogP contribution in [0.5, 0.6) is 5.75 Å². The van der Waals surface area contributed by atoms with E-state index < -0.39 is 24.0 Å². The van der Waals surface area contributed by atoms with E-state index in [-0.39, 0.29) is 11.2 Å². The normalized spacial score (nSPS) is 12.0. The zero-order valence-corrected chi connectivity index (χ0v) is 38.0. The van der Waals surface area contributed by atoms with Crippen LogP contribution in [0.1, 0.15) is 276 Å². The number of unbranched alkanes of at least 4 members (excludes halogenated alkanes) is 30. The summed E-state index contributed by atoms with van der Waals surface area (Å²) < 4.78 is 6.34. The predicted molar refractivity (Wildman–Crippen MR) is 240 cm³/mol. The first-order valence-electron chi connectivity index (χ1n) is 24.2. The van der Waals surface area contributed by atoms with E-state index >= 15 is 0 Å². The lowest BCUT2D eigenvalue weighted by Crippen LogP contribution is -2.34. The molecule has 0 aliphatic carbocycles. The van der Waals surface area contributed by atoms with E-state index in [4.69, 9.17) is 4.74 Å². The highest BCUT2D eigenvalue weighted by Gasteiger charge is 2.38. The number of phenolic OH excluding ortho intramolecular Hbond substituents is 1. The van der Waals surface area contributed by atoms with Gasteiger partial charge in [0.2, 0.25) is 0 Å². The molecule has 0 heterocycles. The van der Waals surface area contributed by atoms with Crippen LogP contribution in [0.25, 0.3) is 0 Å². The molecule has 0 atom stereocenters. The minimum atomic E-state index is -1.16. The van der Waals surface area contributed by atoms with Crippen molar-refractivity contribution in [3.63, 3.8) is 0 Å². The largest absolute Gasteiger partial charge is 0.507 e. The van der Waals surface area contributed by atoms with Crippen LogP contribution in [0.3, 0.4) is 0 Å². The first-order chi connectivity index (χ1) is 27.0. The summed E-state index contributed by atoms with van der Waals surface area (Å²) in [7, 11) is 0. The molecule has 0 aliphatic heterocycles. The molecular weight excluding hydrogens is 693 g/mol. The fourth-order valence-electron chi connectivity index (χ4n) is 8.48. The maximum atomic E-state index is 13.2. The molecule has 0 amide bonds. The molecule has 2 N–H and O–H groups in total. The topological polar surface area (TPSA) is 83.8 Å². The summed E-state index contributed by atoms with van der Waals surface area (Å²) in [5.74, 6) is -1.55. The van der Waals surface area contributed by atoms with E-state index in [9.17, 15) is 19.8 Å². The Bertz CT molecular complexity index is 1080. The third-order valence-corrected chi connectivity index (χ3v) is 12.1. The fraction of sp³-hybridized carbons (Fsp3) is 0.843. The maximum absolute atomic E-state index is 13.2. The molecule has 0 spiro atoms. The number of phenols is 1. The molecule has 56 heavy (non-hydrogen) atoms. The number of esters is 1. The first-order valence-corrected chi connectivity index (χ1v) is 24.2. The number of hydrogen-bond donors (Lipinski definition) is 2. The zero-order chi connectivity index (χ0) is 41.3. The second-order valence-electron chi connectivity index (χ2n) is 18.6. The van der Waals surface area contributed by atoms with E-state index in [1.165, 1.54) is 167 Å². The Morgan fingerprint density at radius 3 is 1.11 bits per heavy atom. The van der Waals surface area contributed by atoms with Crippen LogP contribution in [0.4, 0.5) is 0 Å². The quantitative estimate of drug-likeness (QED) is 0.0396. The molecule has 1 rings (SSSR count). The number of benzene rings is 1. The molecule has 0 bridgehead atoms. The first kappa shape index (κ1) is 52.0. The second-order valence-corrected chi connectivity index (χ2v) is 18.6. The molecule has 0 aromatic heterocycles. The minimum Gasteiger partial charge on any atom is -0.507 e. The number of carbonyl (C=O) groups excluding carboxylic acids is 1. The predicted octanol–water partition coefficient (Wildman–Crippen LogP) is 16.5. The van der Waals surface area contributed by atoms with Crippen LogP contribution in [0.2, 0.25) is 0 Å². The molecule has 0 aliphatic rings. The van der Waals surface area contributed by atoms with Gasteiger partial charge in [-0.15, -0.1) is 0 Å². The van der Waals surface area contributed by atoms with Crippen molar-refractivity contribution in [3.8, 4) is 5.75 Å². The fourth-order valence-corrected chi connectivity index (χ4v) is 8.48. The number of aromatic hydroxyl groups is 1. The Labute approximate surface area is 347 Å². The monoisotopic (exact) mass is 785 g/mol. The summed E-state index contributed by atoms with van der Waals surface area (Å²) in [6.45, 7) is 12.8. The summed E-state index contributed by atoms with van der Waals surface area (Å²) >= 11 is 0. The number of hydrogen-bond acceptors (Lipinski definition) is 4. The Balaban J connectivity index is 2.73. The molecule has 5 heteroatoms. The molecule has 1 aromatic carbocycles. The number of carbonyl (C=O) groups is 2. The minimum absolute atomic E-state index is 0.289. The molecule has 0 radical (unpaired) electrons. The van der Waals surface area contributed by atoms with Crippen LogP contribution in [0, 0.1) is 6.92 Å². The van der Waals surface area contributed by atoms with Gasteiger partial charge >= 0.3 is 11.9 Å². The summed E-state index contributed by atoms with van der Waals surface area (Å²) in [5, 5.41) is 20.6. The summed E-state index contributed by atoms with van der Waals surface area (Å²) in [5.41, 5.74) is 1.30. The Hall–Kier alpha value is -2.04. The van der Waals surface area contributed by atoms with Gasteiger partial charge in [-0.25, -0.2) is 0 Å². The van der Waals surface area contributed by atoms with E-state index in [0.717, 1.165) is 55.2 Å². The van der Waals surface area contributed by atoms with E-state index in [0.29, 0.717) is 12.8 Å². The van der Waals surface area contributed by atoms with Crippen LogP contribution in [-0.2, 0) is 25.3 Å². The highest BCUT2D eigenvalue weighted by molar-refractivity contribution is 5.90. The third-order valence-electron chi connectivity index (χ3n) is 12.1. The van der Waals surface area contributed by atoms with Gasteiger partial charge in [0.1, 0.15) is 17.8 Å². The molecule has 326 valence electrons. The highest BCUT2D eigenvalue weighted by Crippen LogP contribution is 2.43. The third kappa shape index (κ3) is 25.3. The standard InChI is InChI=1S/C51H92O5/c1-7-9-11-13-15-17-19-21-23-25-27-29-31-33-35-37-39-51(56-48(54)43-47(52)53,45-41-44(3)49(55)46(42-45)50(4,5)6)40-38-36-34-32-30-28-26-24-22-20-18-16-14-12-10-8-2/h41-42,55H,7-40,43H2,1-6H3,(H,52,53). The number of aliphatic carboxylic acids is 1. The van der Waals surface area contributed by atoms with Gasteiger partial charge < -0.3 is 14.9 Å². The van der Waals surface area contributed by atoms with Crippen molar-refractivity contribution in [1.29, 1.82) is 0 Å². The van der Waals surface area contributed by atoms with Crippen molar-refractivity contribution in [2.24, 2.45) is 0 Å². The average Bonchev–Trinajstić information content (AvgIpc) is 3.14. The van der Waals surface area contributed by atoms with Crippen molar-refractivity contribution in [2.45, 2.75) is 277 Å². The van der Waals surface area contributed by atoms with Crippen molar-refractivity contribution in [1.82, 2.24) is 0 Å². The van der Waals surface area contributed by atoms with Gasteiger partial charge in [0.25, 0.3) is 0 Å². The molecule has 0 unspecified atom stereocenters. The Morgan fingerprint density at radius 1 is 0.518 bits per heavy atom. The van der Waals surface area contributed by atoms with E-state index in [2.05, 4.69) is 34.6 Å². The number of rotatable bonds is 38. The molecular formula is C51H92O5. The summed E-state index contributed by atoms with van der Waals surface area (Å²) in [4.78, 5) is 24.8. The van der Waals surface area contributed by atoms with Crippen LogP contribution < -0.4 is 0 Å². The number of aryl methyl sites for hydroxylation is 1. The van der Waals surface area contributed by atoms with Gasteiger partial charge in [0.15, 0.2) is 0 Å². The Kier molecular flexibility index (Phi) is 30.5. The molecule has 1 aromatic rings. The van der Waals surface area contributed by atoms with Gasteiger partial charge in [-0.2, -0.15) is 0 Å². The SMILES string of the molecule is CCCCCCCCCCCCCCCCCCC(CCCCCCCCCCCCCCCCCC)(OC(=O)CC(=O)O)c1cc(C)c(O)c(C(C)(C)C)c1. The highest BCUT2D eigenvalue weighted by atomic mass is 16.6. The second kappa shape index (κ2) is 32.9. The lowest BCUT2D eigenvalue weighted by atomic mass is 9.78. The van der Waals surface area contributed by atoms with Gasteiger partial charge in [-0.3, -0.25) is 9.59 Å². The Morgan fingerprint density at radius 2 is 0.821 bits per heavy atom. The van der Waals surface area contributed by atoms with Crippen molar-refractivity contribution >= 4 is 11.9 Å². The van der Waals surface area contributed by atoms with Crippen molar-refractivity contribution < 1.29 is 24.5 Å². The summed E-state index contributed by atoms with van der Waals surface area (Å²) in [6.07, 6.45) is 42.3. The molecule has 5 nitrogen and oxygen atoms in total. The molecule has 0 saturated heterocycles. The lowest BCUT2D eigenvalue weighted by molar-refractivity contribution is -0.167. The van der Waals surface area contributed by atoms with Gasteiger partial charge in [0, 0.05) is 0 Å². The zero-order valence-electron chi connectivity index (χ0n) is 38.0. The van der Waals surface area contributed by atoms with E-state index in [1.54, 1.807) is 0 Å². The lowest BCUT2D eigenvalue weighted by Gasteiger charge is -2.36. The van der Waals surface area contributed by atoms with Crippen LogP contribution in [0.15, 0.2) is 12.1 Å². The van der Waals surface area contributed by atoms with Gasteiger partial charge in [0.05, 0.1) is 0 Å². The maximum Gasteiger partial charge on any atom is 0.318 e. The number of ether oxygens (including phenoxy) is 1. The van der Waals surface area contributed by atoms with Crippen molar-refractivity contribution in [3.05, 3.63) is 28.8 Å². The average molecular weight is 785 g/mol. The van der Waals surface area contributed by atoms with Crippen LogP contribution >= 0.6 is 0 Å². The number of carboxylic acids is 1. The van der Waals surface area contributed by atoms with Gasteiger partial charge in [-0.1, -0.05) is 227 Å². The number of carboxylic acid groups (broad SMARTS) is 1. The molecule has 0 saturated carbocycles. The van der Waals surface area contributed by atoms with Crippen LogP contribution in [-0.4, -0.2) is 22.2 Å². The summed E-state index contributed by atoms with van der Waals surface area (Å²) in [6, 6.07) is 4.02. The van der Waals surface area contributed by atoms with Gasteiger partial charge in [-0.05, 0) is 66.8 Å². The smallest absolute Gasteiger partial charge is 0.318 e. The molecule has 0 fully saturated rings.